The first-order valence-corrected chi connectivity index (χ1v) is 5.01. The number of hydrogen-bond acceptors (Lipinski definition) is 2. The highest BCUT2D eigenvalue weighted by Gasteiger charge is 2.08. The Morgan fingerprint density at radius 3 is 2.60 bits per heavy atom. The zero-order chi connectivity index (χ0) is 10.8. The van der Waals surface area contributed by atoms with Crippen molar-refractivity contribution in [2.24, 2.45) is 7.05 Å². The lowest BCUT2D eigenvalue weighted by molar-refractivity contribution is 0.279. The average Bonchev–Trinajstić information content (AvgIpc) is 2.51. The fraction of sp³-hybridized carbons (Fsp3) is 0.364. The Morgan fingerprint density at radius 1 is 1.27 bits per heavy atom. The Kier molecular flexibility index (Phi) is 2.60. The third-order valence-electron chi connectivity index (χ3n) is 2.59. The molecule has 1 aromatic heterocycles. The van der Waals surface area contributed by atoms with E-state index in [0.29, 0.717) is 13.0 Å². The number of rotatable bonds is 3. The zero-order valence-corrected chi connectivity index (χ0v) is 8.68. The van der Waals surface area contributed by atoms with Gasteiger partial charge in [-0.1, -0.05) is 12.1 Å². The quantitative estimate of drug-likeness (QED) is 0.804. The van der Waals surface area contributed by atoms with Crippen molar-refractivity contribution in [3.8, 4) is 0 Å². The Morgan fingerprint density at radius 2 is 1.93 bits per heavy atom. The Labute approximate surface area is 87.4 Å². The molecule has 0 aliphatic heterocycles. The Hall–Kier alpha value is -1.55. The van der Waals surface area contributed by atoms with Gasteiger partial charge in [0.15, 0.2) is 0 Å². The van der Waals surface area contributed by atoms with E-state index in [4.69, 9.17) is 5.11 Å². The van der Waals surface area contributed by atoms with Gasteiger partial charge in [-0.05, 0) is 18.6 Å². The van der Waals surface area contributed by atoms with Gasteiger partial charge in [0, 0.05) is 20.2 Å². The van der Waals surface area contributed by atoms with Crippen LogP contribution in [0.1, 0.15) is 6.42 Å². The van der Waals surface area contributed by atoms with Gasteiger partial charge in [0.1, 0.15) is 0 Å². The molecule has 2 aromatic rings. The minimum absolute atomic E-state index is 0.0235. The van der Waals surface area contributed by atoms with Crippen molar-refractivity contribution in [3.05, 3.63) is 34.7 Å². The summed E-state index contributed by atoms with van der Waals surface area (Å²) < 4.78 is 3.33. The third kappa shape index (κ3) is 1.57. The summed E-state index contributed by atoms with van der Waals surface area (Å²) in [5, 5.41) is 8.78. The second kappa shape index (κ2) is 3.90. The van der Waals surface area contributed by atoms with Crippen LogP contribution >= 0.6 is 0 Å². The van der Waals surface area contributed by atoms with Crippen molar-refractivity contribution < 1.29 is 5.11 Å². The Bertz CT molecular complexity index is 525. The SMILES string of the molecule is Cn1c(=O)n(CCCO)c2ccccc21. The summed E-state index contributed by atoms with van der Waals surface area (Å²) in [4.78, 5) is 11.8. The molecular weight excluding hydrogens is 192 g/mol. The molecule has 0 radical (unpaired) electrons. The third-order valence-corrected chi connectivity index (χ3v) is 2.59. The minimum Gasteiger partial charge on any atom is -0.396 e. The first-order chi connectivity index (χ1) is 7.25. The van der Waals surface area contributed by atoms with E-state index in [1.807, 2.05) is 24.3 Å². The van der Waals surface area contributed by atoms with Gasteiger partial charge >= 0.3 is 5.69 Å². The number of aliphatic hydroxyl groups excluding tert-OH is 1. The van der Waals surface area contributed by atoms with Crippen molar-refractivity contribution in [2.75, 3.05) is 6.61 Å². The summed E-state index contributed by atoms with van der Waals surface area (Å²) in [6.45, 7) is 0.673. The van der Waals surface area contributed by atoms with Crippen molar-refractivity contribution in [1.29, 1.82) is 0 Å². The highest BCUT2D eigenvalue weighted by Crippen LogP contribution is 2.11. The van der Waals surface area contributed by atoms with Crippen LogP contribution < -0.4 is 5.69 Å². The van der Waals surface area contributed by atoms with E-state index >= 15 is 0 Å². The number of fused-ring (bicyclic) bond motifs is 1. The van der Waals surface area contributed by atoms with E-state index < -0.39 is 0 Å². The topological polar surface area (TPSA) is 47.2 Å². The van der Waals surface area contributed by atoms with Crippen LogP contribution in [0, 0.1) is 0 Å². The molecule has 2 rings (SSSR count). The number of imidazole rings is 1. The maximum absolute atomic E-state index is 11.8. The molecule has 15 heavy (non-hydrogen) atoms. The van der Waals surface area contributed by atoms with Gasteiger partial charge in [-0.2, -0.15) is 0 Å². The van der Waals surface area contributed by atoms with Crippen LogP contribution in [0.3, 0.4) is 0 Å². The highest BCUT2D eigenvalue weighted by atomic mass is 16.3. The highest BCUT2D eigenvalue weighted by molar-refractivity contribution is 5.75. The molecule has 0 saturated carbocycles. The van der Waals surface area contributed by atoms with E-state index in [9.17, 15) is 4.79 Å². The van der Waals surface area contributed by atoms with Crippen molar-refractivity contribution in [2.45, 2.75) is 13.0 Å². The van der Waals surface area contributed by atoms with Crippen LogP contribution in [0.25, 0.3) is 11.0 Å². The number of aryl methyl sites for hydroxylation is 2. The van der Waals surface area contributed by atoms with Gasteiger partial charge in [-0.15, -0.1) is 0 Å². The largest absolute Gasteiger partial charge is 0.396 e. The van der Waals surface area contributed by atoms with Crippen molar-refractivity contribution in [1.82, 2.24) is 9.13 Å². The molecule has 0 atom stereocenters. The molecule has 1 heterocycles. The number of nitrogens with zero attached hydrogens (tertiary/aromatic N) is 2. The monoisotopic (exact) mass is 206 g/mol. The molecule has 0 amide bonds. The number of aromatic nitrogens is 2. The molecule has 4 nitrogen and oxygen atoms in total. The summed E-state index contributed by atoms with van der Waals surface area (Å²) in [7, 11) is 1.76. The van der Waals surface area contributed by atoms with E-state index in [2.05, 4.69) is 0 Å². The predicted molar refractivity (Wildman–Crippen MR) is 58.9 cm³/mol. The fourth-order valence-electron chi connectivity index (χ4n) is 1.81. The smallest absolute Gasteiger partial charge is 0.328 e. The Balaban J connectivity index is 2.62. The van der Waals surface area contributed by atoms with Crippen molar-refractivity contribution >= 4 is 11.0 Å². The van der Waals surface area contributed by atoms with E-state index in [0.717, 1.165) is 11.0 Å². The fourth-order valence-corrected chi connectivity index (χ4v) is 1.81. The molecule has 0 bridgehead atoms. The first-order valence-electron chi connectivity index (χ1n) is 5.01. The summed E-state index contributed by atoms with van der Waals surface area (Å²) >= 11 is 0. The van der Waals surface area contributed by atoms with Crippen LogP contribution in [0.2, 0.25) is 0 Å². The van der Waals surface area contributed by atoms with Gasteiger partial charge < -0.3 is 5.11 Å². The summed E-state index contributed by atoms with van der Waals surface area (Å²) in [5.41, 5.74) is 1.84. The van der Waals surface area contributed by atoms with Gasteiger partial charge in [0.05, 0.1) is 11.0 Å². The summed E-state index contributed by atoms with van der Waals surface area (Å²) in [5.74, 6) is 0. The van der Waals surface area contributed by atoms with Crippen LogP contribution in [0.4, 0.5) is 0 Å². The zero-order valence-electron chi connectivity index (χ0n) is 8.68. The van der Waals surface area contributed by atoms with Crippen LogP contribution in [-0.4, -0.2) is 20.8 Å². The molecule has 0 aliphatic carbocycles. The molecule has 1 N–H and O–H groups in total. The lowest BCUT2D eigenvalue weighted by Crippen LogP contribution is -2.22. The first kappa shape index (κ1) is 9.98. The van der Waals surface area contributed by atoms with Gasteiger partial charge in [-0.25, -0.2) is 4.79 Å². The normalized spacial score (nSPS) is 11.1. The lowest BCUT2D eigenvalue weighted by atomic mass is 10.3. The minimum atomic E-state index is -0.0235. The van der Waals surface area contributed by atoms with Crippen LogP contribution in [0.5, 0.6) is 0 Å². The molecule has 0 fully saturated rings. The summed E-state index contributed by atoms with van der Waals surface area (Å²) in [6, 6.07) is 7.68. The molecule has 0 unspecified atom stereocenters. The number of hydrogen-bond donors (Lipinski definition) is 1. The van der Waals surface area contributed by atoms with E-state index in [-0.39, 0.29) is 12.3 Å². The average molecular weight is 206 g/mol. The second-order valence-electron chi connectivity index (χ2n) is 3.56. The maximum Gasteiger partial charge on any atom is 0.328 e. The van der Waals surface area contributed by atoms with Crippen LogP contribution in [0.15, 0.2) is 29.1 Å². The van der Waals surface area contributed by atoms with E-state index in [1.54, 1.807) is 16.2 Å². The number of benzene rings is 1. The maximum atomic E-state index is 11.8. The molecule has 0 aliphatic rings. The second-order valence-corrected chi connectivity index (χ2v) is 3.56. The van der Waals surface area contributed by atoms with Gasteiger partial charge in [0.25, 0.3) is 0 Å². The predicted octanol–water partition coefficient (Wildman–Crippen LogP) is 0.722. The number of para-hydroxylation sites is 2. The molecule has 0 spiro atoms. The molecule has 4 heteroatoms. The standard InChI is InChI=1S/C11H14N2O2/c1-12-9-5-2-3-6-10(9)13(11(12)15)7-4-8-14/h2-3,5-6,14H,4,7-8H2,1H3. The molecule has 1 aromatic carbocycles. The molecule has 80 valence electrons. The van der Waals surface area contributed by atoms with Gasteiger partial charge in [0.2, 0.25) is 0 Å². The number of aliphatic hydroxyl groups is 1. The summed E-state index contributed by atoms with van der Waals surface area (Å²) in [6.07, 6.45) is 0.605. The lowest BCUT2D eigenvalue weighted by Gasteiger charge is -2.00. The molecule has 0 saturated heterocycles. The van der Waals surface area contributed by atoms with Gasteiger partial charge in [-0.3, -0.25) is 9.13 Å². The van der Waals surface area contributed by atoms with Crippen molar-refractivity contribution in [3.63, 3.8) is 0 Å². The van der Waals surface area contributed by atoms with Crippen LogP contribution in [-0.2, 0) is 13.6 Å². The molecular formula is C11H14N2O2. The van der Waals surface area contributed by atoms with E-state index in [1.165, 1.54) is 0 Å².